The molecule has 0 unspecified atom stereocenters. The van der Waals surface area contributed by atoms with Crippen LogP contribution in [-0.4, -0.2) is 29.2 Å². The number of thioether (sulfide) groups is 1. The van der Waals surface area contributed by atoms with Gasteiger partial charge in [-0.15, -0.1) is 11.8 Å². The second-order valence-electron chi connectivity index (χ2n) is 5.05. The Balaban J connectivity index is 1.97. The molecule has 6 heteroatoms. The molecule has 0 aromatic heterocycles. The highest BCUT2D eigenvalue weighted by Crippen LogP contribution is 2.33. The number of hydrogen-bond acceptors (Lipinski definition) is 3. The Bertz CT molecular complexity index is 431. The fraction of sp³-hybridized carbons (Fsp3) is 0.571. The summed E-state index contributed by atoms with van der Waals surface area (Å²) >= 11 is 0.806. The van der Waals surface area contributed by atoms with Crippen molar-refractivity contribution in [2.75, 3.05) is 11.1 Å². The zero-order chi connectivity index (χ0) is 14.6. The fourth-order valence-electron chi connectivity index (χ4n) is 2.31. The molecule has 1 aromatic carbocycles. The smallest absolute Gasteiger partial charge is 0.393 e. The lowest BCUT2D eigenvalue weighted by Crippen LogP contribution is -2.28. The maximum absolute atomic E-state index is 12.3. The largest absolute Gasteiger partial charge is 0.398 e. The summed E-state index contributed by atoms with van der Waals surface area (Å²) in [7, 11) is 0. The normalized spacial score (nSPS) is 23.6. The van der Waals surface area contributed by atoms with Crippen LogP contribution in [0, 0.1) is 0 Å². The first kappa shape index (κ1) is 15.5. The molecular formula is C14H18F3NOS. The fourth-order valence-corrected chi connectivity index (χ4v) is 3.09. The quantitative estimate of drug-likeness (QED) is 0.823. The number of halogens is 3. The van der Waals surface area contributed by atoms with E-state index in [0.29, 0.717) is 4.90 Å². The zero-order valence-corrected chi connectivity index (χ0v) is 11.8. The average molecular weight is 305 g/mol. The van der Waals surface area contributed by atoms with Gasteiger partial charge in [-0.05, 0) is 37.8 Å². The molecule has 1 aliphatic carbocycles. The van der Waals surface area contributed by atoms with Crippen molar-refractivity contribution >= 4 is 17.4 Å². The van der Waals surface area contributed by atoms with Crippen LogP contribution in [0.1, 0.15) is 25.7 Å². The lowest BCUT2D eigenvalue weighted by atomic mass is 9.93. The number of aliphatic hydroxyl groups is 1. The molecule has 112 valence electrons. The topological polar surface area (TPSA) is 32.3 Å². The number of nitrogens with one attached hydrogen (secondary N) is 1. The highest BCUT2D eigenvalue weighted by atomic mass is 32.2. The molecule has 1 aromatic rings. The van der Waals surface area contributed by atoms with Crippen molar-refractivity contribution in [2.45, 2.75) is 48.9 Å². The summed E-state index contributed by atoms with van der Waals surface area (Å²) in [6.45, 7) is 0. The Morgan fingerprint density at radius 2 is 1.80 bits per heavy atom. The Morgan fingerprint density at radius 1 is 1.15 bits per heavy atom. The minimum absolute atomic E-state index is 0.228. The summed E-state index contributed by atoms with van der Waals surface area (Å²) in [6.07, 6.45) is -1.21. The van der Waals surface area contributed by atoms with Crippen LogP contribution in [0.15, 0.2) is 29.2 Å². The van der Waals surface area contributed by atoms with Crippen molar-refractivity contribution in [2.24, 2.45) is 0 Å². The predicted molar refractivity (Wildman–Crippen MR) is 75.1 cm³/mol. The number of hydrogen-bond donors (Lipinski definition) is 2. The van der Waals surface area contributed by atoms with E-state index in [1.54, 1.807) is 12.1 Å². The van der Waals surface area contributed by atoms with Gasteiger partial charge in [-0.1, -0.05) is 12.1 Å². The van der Waals surface area contributed by atoms with Crippen molar-refractivity contribution in [3.05, 3.63) is 24.3 Å². The number of rotatable bonds is 4. The Kier molecular flexibility index (Phi) is 5.21. The SMILES string of the molecule is OC1CCC(Nc2ccccc2SCC(F)(F)F)CC1. The molecule has 0 saturated heterocycles. The van der Waals surface area contributed by atoms with E-state index in [0.717, 1.165) is 43.1 Å². The van der Waals surface area contributed by atoms with Crippen molar-refractivity contribution in [1.82, 2.24) is 0 Å². The molecule has 0 atom stereocenters. The van der Waals surface area contributed by atoms with Crippen molar-refractivity contribution in [3.63, 3.8) is 0 Å². The Labute approximate surface area is 120 Å². The summed E-state index contributed by atoms with van der Waals surface area (Å²) in [5, 5.41) is 12.8. The van der Waals surface area contributed by atoms with Crippen molar-refractivity contribution in [1.29, 1.82) is 0 Å². The molecular weight excluding hydrogens is 287 g/mol. The molecule has 2 N–H and O–H groups in total. The van der Waals surface area contributed by atoms with Gasteiger partial charge in [0.05, 0.1) is 11.9 Å². The van der Waals surface area contributed by atoms with Crippen LogP contribution in [0.3, 0.4) is 0 Å². The standard InChI is InChI=1S/C14H18F3NOS/c15-14(16,17)9-20-13-4-2-1-3-12(13)18-10-5-7-11(19)8-6-10/h1-4,10-11,18-19H,5-9H2. The lowest BCUT2D eigenvalue weighted by Gasteiger charge is -2.27. The molecule has 1 fully saturated rings. The monoisotopic (exact) mass is 305 g/mol. The van der Waals surface area contributed by atoms with Crippen LogP contribution in [-0.2, 0) is 0 Å². The number of aliphatic hydroxyl groups excluding tert-OH is 1. The van der Waals surface area contributed by atoms with Crippen LogP contribution in [0.25, 0.3) is 0 Å². The van der Waals surface area contributed by atoms with Crippen LogP contribution in [0.2, 0.25) is 0 Å². The Hall–Kier alpha value is -0.880. The van der Waals surface area contributed by atoms with E-state index in [1.165, 1.54) is 0 Å². The molecule has 0 heterocycles. The summed E-state index contributed by atoms with van der Waals surface area (Å²) in [6, 6.07) is 7.30. The highest BCUT2D eigenvalue weighted by molar-refractivity contribution is 7.99. The molecule has 2 nitrogen and oxygen atoms in total. The van der Waals surface area contributed by atoms with Gasteiger partial charge in [-0.2, -0.15) is 13.2 Å². The zero-order valence-electron chi connectivity index (χ0n) is 11.0. The van der Waals surface area contributed by atoms with E-state index in [9.17, 15) is 18.3 Å². The van der Waals surface area contributed by atoms with Gasteiger partial charge in [0.25, 0.3) is 0 Å². The van der Waals surface area contributed by atoms with E-state index in [-0.39, 0.29) is 12.1 Å². The summed E-state index contributed by atoms with van der Waals surface area (Å²) < 4.78 is 36.9. The average Bonchev–Trinajstić information content (AvgIpc) is 2.39. The lowest BCUT2D eigenvalue weighted by molar-refractivity contribution is -0.105. The first-order valence-corrected chi connectivity index (χ1v) is 7.66. The third-order valence-corrected chi connectivity index (χ3v) is 4.47. The van der Waals surface area contributed by atoms with Gasteiger partial charge in [0, 0.05) is 16.6 Å². The molecule has 0 spiro atoms. The maximum Gasteiger partial charge on any atom is 0.398 e. The summed E-state index contributed by atoms with van der Waals surface area (Å²) in [5.74, 6) is -0.880. The van der Waals surface area contributed by atoms with Crippen molar-refractivity contribution < 1.29 is 18.3 Å². The second-order valence-corrected chi connectivity index (χ2v) is 6.07. The van der Waals surface area contributed by atoms with E-state index >= 15 is 0 Å². The van der Waals surface area contributed by atoms with Crippen LogP contribution in [0.5, 0.6) is 0 Å². The van der Waals surface area contributed by atoms with E-state index < -0.39 is 11.9 Å². The first-order valence-electron chi connectivity index (χ1n) is 6.67. The predicted octanol–water partition coefficient (Wildman–Crippen LogP) is 4.06. The molecule has 0 bridgehead atoms. The van der Waals surface area contributed by atoms with Crippen LogP contribution in [0.4, 0.5) is 18.9 Å². The molecule has 0 aliphatic heterocycles. The molecule has 1 saturated carbocycles. The van der Waals surface area contributed by atoms with Gasteiger partial charge in [0.15, 0.2) is 0 Å². The summed E-state index contributed by atoms with van der Waals surface area (Å²) in [5.41, 5.74) is 0.753. The number of anilines is 1. The number of para-hydroxylation sites is 1. The van der Waals surface area contributed by atoms with E-state index in [1.807, 2.05) is 12.1 Å². The van der Waals surface area contributed by atoms with E-state index in [2.05, 4.69) is 5.32 Å². The second kappa shape index (κ2) is 6.72. The van der Waals surface area contributed by atoms with Gasteiger partial charge < -0.3 is 10.4 Å². The first-order chi connectivity index (χ1) is 9.44. The molecule has 0 radical (unpaired) electrons. The molecule has 1 aliphatic rings. The van der Waals surface area contributed by atoms with Gasteiger partial charge in [0.2, 0.25) is 0 Å². The van der Waals surface area contributed by atoms with E-state index in [4.69, 9.17) is 0 Å². The van der Waals surface area contributed by atoms with Gasteiger partial charge in [-0.25, -0.2) is 0 Å². The Morgan fingerprint density at radius 3 is 2.45 bits per heavy atom. The van der Waals surface area contributed by atoms with Crippen molar-refractivity contribution in [3.8, 4) is 0 Å². The third kappa shape index (κ3) is 4.90. The van der Waals surface area contributed by atoms with Gasteiger partial charge >= 0.3 is 6.18 Å². The molecule has 2 rings (SSSR count). The minimum atomic E-state index is -4.16. The maximum atomic E-state index is 12.3. The summed E-state index contributed by atoms with van der Waals surface area (Å²) in [4.78, 5) is 0.621. The third-order valence-electron chi connectivity index (χ3n) is 3.33. The number of benzene rings is 1. The molecule has 0 amide bonds. The van der Waals surface area contributed by atoms with Gasteiger partial charge in [0.1, 0.15) is 0 Å². The minimum Gasteiger partial charge on any atom is -0.393 e. The highest BCUT2D eigenvalue weighted by Gasteiger charge is 2.28. The number of alkyl halides is 3. The van der Waals surface area contributed by atoms with Crippen LogP contribution >= 0.6 is 11.8 Å². The molecule has 20 heavy (non-hydrogen) atoms. The van der Waals surface area contributed by atoms with Gasteiger partial charge in [-0.3, -0.25) is 0 Å². The van der Waals surface area contributed by atoms with Crippen LogP contribution < -0.4 is 5.32 Å².